The number of piperidine rings is 1. The van der Waals surface area contributed by atoms with Crippen molar-refractivity contribution in [3.8, 4) is 5.75 Å². The Bertz CT molecular complexity index is 867. The van der Waals surface area contributed by atoms with Crippen molar-refractivity contribution in [1.29, 1.82) is 0 Å². The van der Waals surface area contributed by atoms with Gasteiger partial charge in [0.15, 0.2) is 0 Å². The number of carbonyl (C=O) groups is 2. The van der Waals surface area contributed by atoms with Gasteiger partial charge in [0.05, 0.1) is 18.4 Å². The smallest absolute Gasteiger partial charge is 0.282 e. The summed E-state index contributed by atoms with van der Waals surface area (Å²) < 4.78 is 5.39. The molecule has 134 valence electrons. The molecule has 2 amide bonds. The number of ether oxygens (including phenoxy) is 1. The van der Waals surface area contributed by atoms with E-state index in [0.717, 1.165) is 37.2 Å². The lowest BCUT2D eigenvalue weighted by molar-refractivity contribution is -0.120. The summed E-state index contributed by atoms with van der Waals surface area (Å²) in [5, 5.41) is 1.93. The summed E-state index contributed by atoms with van der Waals surface area (Å²) in [6, 6.07) is 11.0. The zero-order valence-electron chi connectivity index (χ0n) is 14.6. The molecule has 6 heteroatoms. The van der Waals surface area contributed by atoms with E-state index in [9.17, 15) is 9.59 Å². The van der Waals surface area contributed by atoms with E-state index in [1.54, 1.807) is 19.2 Å². The number of hydrogen-bond acceptors (Lipinski definition) is 5. The number of hydrogen-bond donors (Lipinski definition) is 0. The van der Waals surface area contributed by atoms with Crippen LogP contribution in [0.25, 0.3) is 5.57 Å². The van der Waals surface area contributed by atoms with Gasteiger partial charge in [-0.25, -0.2) is 4.90 Å². The Balaban J connectivity index is 1.83. The van der Waals surface area contributed by atoms with Crippen LogP contribution < -0.4 is 9.64 Å². The van der Waals surface area contributed by atoms with Gasteiger partial charge in [0, 0.05) is 18.0 Å². The lowest BCUT2D eigenvalue weighted by Crippen LogP contribution is -2.37. The van der Waals surface area contributed by atoms with Crippen LogP contribution in [0, 0.1) is 0 Å². The Morgan fingerprint density at radius 2 is 1.73 bits per heavy atom. The summed E-state index contributed by atoms with van der Waals surface area (Å²) >= 11 is 1.49. The van der Waals surface area contributed by atoms with Crippen LogP contribution in [0.2, 0.25) is 0 Å². The van der Waals surface area contributed by atoms with E-state index in [1.165, 1.54) is 16.2 Å². The molecule has 2 aliphatic heterocycles. The number of nitrogens with zero attached hydrogens (tertiary/aromatic N) is 2. The van der Waals surface area contributed by atoms with Gasteiger partial charge in [0.25, 0.3) is 11.8 Å². The van der Waals surface area contributed by atoms with Crippen molar-refractivity contribution in [3.05, 3.63) is 52.4 Å². The predicted molar refractivity (Wildman–Crippen MR) is 102 cm³/mol. The van der Waals surface area contributed by atoms with Gasteiger partial charge in [-0.2, -0.15) is 0 Å². The van der Waals surface area contributed by atoms with Crippen LogP contribution in [0.15, 0.2) is 47.5 Å². The number of carbonyl (C=O) groups excluding carboxylic acids is 2. The first kappa shape index (κ1) is 16.8. The Morgan fingerprint density at radius 1 is 0.962 bits per heavy atom. The normalized spacial score (nSPS) is 18.0. The molecule has 0 unspecified atom stereocenters. The molecular weight excluding hydrogens is 348 g/mol. The summed E-state index contributed by atoms with van der Waals surface area (Å²) in [4.78, 5) is 30.8. The SMILES string of the molecule is COc1ccccc1N1C(=O)C(c2cccs2)=C(N2CCCCC2)C1=O. The van der Waals surface area contributed by atoms with E-state index in [-0.39, 0.29) is 11.8 Å². The van der Waals surface area contributed by atoms with E-state index in [1.807, 2.05) is 29.6 Å². The van der Waals surface area contributed by atoms with Crippen molar-refractivity contribution in [3.63, 3.8) is 0 Å². The van der Waals surface area contributed by atoms with E-state index in [2.05, 4.69) is 4.90 Å². The monoisotopic (exact) mass is 368 g/mol. The number of imide groups is 1. The van der Waals surface area contributed by atoms with Gasteiger partial charge in [-0.15, -0.1) is 11.3 Å². The van der Waals surface area contributed by atoms with Gasteiger partial charge < -0.3 is 9.64 Å². The molecule has 0 radical (unpaired) electrons. The van der Waals surface area contributed by atoms with Crippen LogP contribution in [-0.2, 0) is 9.59 Å². The van der Waals surface area contributed by atoms with Crippen molar-refractivity contribution in [2.24, 2.45) is 0 Å². The van der Waals surface area contributed by atoms with Crippen LogP contribution >= 0.6 is 11.3 Å². The number of rotatable bonds is 4. The fourth-order valence-corrected chi connectivity index (χ4v) is 4.37. The minimum Gasteiger partial charge on any atom is -0.495 e. The molecule has 0 spiro atoms. The van der Waals surface area contributed by atoms with Gasteiger partial charge in [0.1, 0.15) is 11.4 Å². The maximum atomic E-state index is 13.3. The second-order valence-corrected chi connectivity index (χ2v) is 7.31. The summed E-state index contributed by atoms with van der Waals surface area (Å²) in [7, 11) is 1.54. The molecule has 0 N–H and O–H groups in total. The fraction of sp³-hybridized carbons (Fsp3) is 0.300. The summed E-state index contributed by atoms with van der Waals surface area (Å²) in [5.41, 5.74) is 1.53. The average molecular weight is 368 g/mol. The quantitative estimate of drug-likeness (QED) is 0.775. The standard InChI is InChI=1S/C20H20N2O3S/c1-25-15-9-4-3-8-14(15)22-19(23)17(16-10-7-13-26-16)18(20(22)24)21-11-5-2-6-12-21/h3-4,7-10,13H,2,5-6,11-12H2,1H3. The van der Waals surface area contributed by atoms with Crippen molar-refractivity contribution in [1.82, 2.24) is 4.90 Å². The maximum absolute atomic E-state index is 13.3. The number of amides is 2. The lowest BCUT2D eigenvalue weighted by atomic mass is 10.1. The van der Waals surface area contributed by atoms with E-state index >= 15 is 0 Å². The fourth-order valence-electron chi connectivity index (χ4n) is 3.61. The highest BCUT2D eigenvalue weighted by atomic mass is 32.1. The van der Waals surface area contributed by atoms with Crippen LogP contribution in [0.3, 0.4) is 0 Å². The number of thiophene rings is 1. The second kappa shape index (κ2) is 6.96. The molecule has 0 saturated carbocycles. The Kier molecular flexibility index (Phi) is 4.51. The molecule has 0 aliphatic carbocycles. The molecule has 2 aliphatic rings. The highest BCUT2D eigenvalue weighted by Gasteiger charge is 2.43. The van der Waals surface area contributed by atoms with Gasteiger partial charge >= 0.3 is 0 Å². The van der Waals surface area contributed by atoms with E-state index < -0.39 is 0 Å². The van der Waals surface area contributed by atoms with Crippen LogP contribution in [0.5, 0.6) is 5.75 Å². The number of anilines is 1. The molecule has 2 aromatic rings. The summed E-state index contributed by atoms with van der Waals surface area (Å²) in [5.74, 6) is -0.0213. The number of methoxy groups -OCH3 is 1. The molecule has 0 atom stereocenters. The van der Waals surface area contributed by atoms with Gasteiger partial charge in [-0.05, 0) is 42.8 Å². The third kappa shape index (κ3) is 2.70. The maximum Gasteiger partial charge on any atom is 0.282 e. The van der Waals surface area contributed by atoms with Gasteiger partial charge in [-0.1, -0.05) is 18.2 Å². The van der Waals surface area contributed by atoms with Crippen molar-refractivity contribution < 1.29 is 14.3 Å². The molecule has 1 fully saturated rings. The molecule has 1 aromatic heterocycles. The van der Waals surface area contributed by atoms with Crippen molar-refractivity contribution in [2.75, 3.05) is 25.1 Å². The molecule has 5 nitrogen and oxygen atoms in total. The first-order chi connectivity index (χ1) is 12.7. The van der Waals surface area contributed by atoms with Gasteiger partial charge in [-0.3, -0.25) is 9.59 Å². The molecule has 0 bridgehead atoms. The molecule has 1 saturated heterocycles. The highest BCUT2D eigenvalue weighted by molar-refractivity contribution is 7.11. The van der Waals surface area contributed by atoms with Crippen LogP contribution in [0.4, 0.5) is 5.69 Å². The second-order valence-electron chi connectivity index (χ2n) is 6.37. The third-order valence-corrected chi connectivity index (χ3v) is 5.71. The highest BCUT2D eigenvalue weighted by Crippen LogP contribution is 2.40. The average Bonchev–Trinajstić information content (AvgIpc) is 3.28. The first-order valence-corrected chi connectivity index (χ1v) is 9.65. The van der Waals surface area contributed by atoms with E-state index in [0.29, 0.717) is 22.7 Å². The molecule has 26 heavy (non-hydrogen) atoms. The molecule has 1 aromatic carbocycles. The summed E-state index contributed by atoms with van der Waals surface area (Å²) in [6.45, 7) is 1.62. The summed E-state index contributed by atoms with van der Waals surface area (Å²) in [6.07, 6.45) is 3.24. The largest absolute Gasteiger partial charge is 0.495 e. The molecular formula is C20H20N2O3S. The minimum atomic E-state index is -0.275. The third-order valence-electron chi connectivity index (χ3n) is 4.83. The predicted octanol–water partition coefficient (Wildman–Crippen LogP) is 3.53. The Hall–Kier alpha value is -2.60. The van der Waals surface area contributed by atoms with Crippen LogP contribution in [-0.4, -0.2) is 36.9 Å². The van der Waals surface area contributed by atoms with Crippen molar-refractivity contribution >= 4 is 34.4 Å². The van der Waals surface area contributed by atoms with E-state index in [4.69, 9.17) is 4.74 Å². The lowest BCUT2D eigenvalue weighted by Gasteiger charge is -2.29. The number of benzene rings is 1. The molecule has 4 rings (SSSR count). The minimum absolute atomic E-state index is 0.259. The Morgan fingerprint density at radius 3 is 2.42 bits per heavy atom. The Labute approximate surface area is 156 Å². The topological polar surface area (TPSA) is 49.9 Å². The zero-order chi connectivity index (χ0) is 18.1. The van der Waals surface area contributed by atoms with Crippen LogP contribution in [0.1, 0.15) is 24.1 Å². The number of para-hydroxylation sites is 2. The number of likely N-dealkylation sites (tertiary alicyclic amines) is 1. The molecule has 3 heterocycles. The van der Waals surface area contributed by atoms with Gasteiger partial charge in [0.2, 0.25) is 0 Å². The zero-order valence-corrected chi connectivity index (χ0v) is 15.4. The van der Waals surface area contributed by atoms with Crippen molar-refractivity contribution in [2.45, 2.75) is 19.3 Å². The first-order valence-electron chi connectivity index (χ1n) is 8.77.